The van der Waals surface area contributed by atoms with E-state index in [9.17, 15) is 14.4 Å². The van der Waals surface area contributed by atoms with Crippen molar-refractivity contribution in [2.75, 3.05) is 13.2 Å². The minimum absolute atomic E-state index is 0.0773. The van der Waals surface area contributed by atoms with Gasteiger partial charge in [0.15, 0.2) is 6.10 Å². The molecule has 0 rings (SSSR count). The molecule has 0 aromatic heterocycles. The molecular weight excluding hydrogens is 961 g/mol. The van der Waals surface area contributed by atoms with Crippen molar-refractivity contribution < 1.29 is 28.6 Å². The van der Waals surface area contributed by atoms with E-state index in [2.05, 4.69) is 106 Å². The molecule has 0 saturated heterocycles. The Labute approximate surface area is 484 Å². The molecule has 0 fully saturated rings. The summed E-state index contributed by atoms with van der Waals surface area (Å²) in [6.07, 6.45) is 87.4. The van der Waals surface area contributed by atoms with Gasteiger partial charge in [-0.3, -0.25) is 14.4 Å². The maximum absolute atomic E-state index is 12.9. The smallest absolute Gasteiger partial charge is 0.306 e. The highest BCUT2D eigenvalue weighted by Gasteiger charge is 2.19. The van der Waals surface area contributed by atoms with Crippen LogP contribution in [0.15, 0.2) is 85.1 Å². The standard InChI is InChI=1S/C72H126O6/c1-4-7-10-13-16-19-22-25-28-31-33-34-35-36-37-38-39-42-44-47-50-53-56-59-62-65-71(74)77-68-69(67-76-70(73)64-61-58-55-52-49-46-43-40-30-27-24-21-18-15-12-9-6-3)78-72(75)66-63-60-57-54-51-48-45-41-32-29-26-23-20-17-14-11-8-5-2/h7,9-10,12,16,18-19,21,25,27-28,30,33-34,69H,4-6,8,11,13-15,17,20,22-24,26,29,31-32,35-68H2,1-3H3/b10-7-,12-9-,19-16-,21-18-,28-25-,30-27-,34-33-. The topological polar surface area (TPSA) is 78.9 Å². The van der Waals surface area contributed by atoms with Gasteiger partial charge in [-0.1, -0.05) is 311 Å². The van der Waals surface area contributed by atoms with E-state index in [1.165, 1.54) is 186 Å². The predicted molar refractivity (Wildman–Crippen MR) is 339 cm³/mol. The molecule has 0 aliphatic carbocycles. The van der Waals surface area contributed by atoms with Gasteiger partial charge < -0.3 is 14.2 Å². The maximum atomic E-state index is 12.9. The quantitative estimate of drug-likeness (QED) is 0.0261. The minimum atomic E-state index is -0.781. The summed E-state index contributed by atoms with van der Waals surface area (Å²) in [5.74, 6) is -0.870. The van der Waals surface area contributed by atoms with Crippen LogP contribution in [0.2, 0.25) is 0 Å². The Morgan fingerprint density at radius 2 is 0.500 bits per heavy atom. The molecular formula is C72H126O6. The Hall–Kier alpha value is -3.41. The highest BCUT2D eigenvalue weighted by Crippen LogP contribution is 2.17. The van der Waals surface area contributed by atoms with Gasteiger partial charge in [-0.25, -0.2) is 0 Å². The molecule has 0 bridgehead atoms. The molecule has 0 heterocycles. The first kappa shape index (κ1) is 74.6. The second-order valence-electron chi connectivity index (χ2n) is 22.3. The lowest BCUT2D eigenvalue weighted by atomic mass is 10.0. The van der Waals surface area contributed by atoms with E-state index in [0.29, 0.717) is 19.3 Å². The van der Waals surface area contributed by atoms with Gasteiger partial charge in [0, 0.05) is 19.3 Å². The van der Waals surface area contributed by atoms with Crippen molar-refractivity contribution in [3.05, 3.63) is 85.1 Å². The molecule has 0 aromatic rings. The molecule has 0 aliphatic heterocycles. The number of ether oxygens (including phenoxy) is 3. The number of carbonyl (C=O) groups excluding carboxylic acids is 3. The predicted octanol–water partition coefficient (Wildman–Crippen LogP) is 23.1. The van der Waals surface area contributed by atoms with Crippen LogP contribution in [0.3, 0.4) is 0 Å². The molecule has 0 radical (unpaired) electrons. The first-order valence-electron chi connectivity index (χ1n) is 33.6. The molecule has 6 heteroatoms. The third-order valence-corrected chi connectivity index (χ3v) is 14.6. The number of unbranched alkanes of at least 4 members (excludes halogenated alkanes) is 36. The summed E-state index contributed by atoms with van der Waals surface area (Å²) < 4.78 is 17.0. The van der Waals surface area contributed by atoms with Gasteiger partial charge in [0.25, 0.3) is 0 Å². The van der Waals surface area contributed by atoms with E-state index < -0.39 is 6.10 Å². The van der Waals surface area contributed by atoms with Crippen LogP contribution in [0, 0.1) is 0 Å². The van der Waals surface area contributed by atoms with Gasteiger partial charge in [-0.15, -0.1) is 0 Å². The summed E-state index contributed by atoms with van der Waals surface area (Å²) in [5.41, 5.74) is 0. The fourth-order valence-corrected chi connectivity index (χ4v) is 9.69. The Morgan fingerprint density at radius 1 is 0.269 bits per heavy atom. The molecule has 1 atom stereocenters. The lowest BCUT2D eigenvalue weighted by molar-refractivity contribution is -0.167. The second kappa shape index (κ2) is 66.1. The average Bonchev–Trinajstić information content (AvgIpc) is 3.44. The zero-order valence-corrected chi connectivity index (χ0v) is 51.7. The van der Waals surface area contributed by atoms with E-state index in [1.807, 2.05) is 0 Å². The van der Waals surface area contributed by atoms with Crippen molar-refractivity contribution in [1.82, 2.24) is 0 Å². The first-order chi connectivity index (χ1) is 38.5. The summed E-state index contributed by atoms with van der Waals surface area (Å²) in [4.78, 5) is 38.4. The molecule has 0 aliphatic rings. The van der Waals surface area contributed by atoms with Crippen molar-refractivity contribution in [3.63, 3.8) is 0 Å². The Balaban J connectivity index is 4.33. The molecule has 78 heavy (non-hydrogen) atoms. The largest absolute Gasteiger partial charge is 0.462 e. The molecule has 1 unspecified atom stereocenters. The summed E-state index contributed by atoms with van der Waals surface area (Å²) in [5, 5.41) is 0. The molecule has 450 valence electrons. The normalized spacial score (nSPS) is 12.6. The summed E-state index contributed by atoms with van der Waals surface area (Å²) in [6.45, 7) is 6.46. The van der Waals surface area contributed by atoms with Crippen molar-refractivity contribution in [3.8, 4) is 0 Å². The second-order valence-corrected chi connectivity index (χ2v) is 22.3. The Bertz CT molecular complexity index is 1480. The van der Waals surface area contributed by atoms with Crippen molar-refractivity contribution in [1.29, 1.82) is 0 Å². The fraction of sp³-hybridized carbons (Fsp3) is 0.764. The SMILES string of the molecule is CC/C=C\C/C=C\C/C=C\C/C=C\CCCCCCCCCCCCCCC(=O)OCC(COC(=O)CCCCCCCCC/C=C\C/C=C\C/C=C\CC)OC(=O)CCCCCCCCCCCCCCCCCCCC. The number of esters is 3. The van der Waals surface area contributed by atoms with Crippen molar-refractivity contribution in [2.45, 2.75) is 341 Å². The van der Waals surface area contributed by atoms with Gasteiger partial charge >= 0.3 is 17.9 Å². The van der Waals surface area contributed by atoms with Crippen LogP contribution >= 0.6 is 0 Å². The van der Waals surface area contributed by atoms with Gasteiger partial charge in [0.2, 0.25) is 0 Å². The Morgan fingerprint density at radius 3 is 0.782 bits per heavy atom. The lowest BCUT2D eigenvalue weighted by Crippen LogP contribution is -2.30. The van der Waals surface area contributed by atoms with E-state index in [4.69, 9.17) is 14.2 Å². The third kappa shape index (κ3) is 63.4. The zero-order chi connectivity index (χ0) is 56.4. The monoisotopic (exact) mass is 1090 g/mol. The average molecular weight is 1090 g/mol. The van der Waals surface area contributed by atoms with Crippen LogP contribution in [0.4, 0.5) is 0 Å². The third-order valence-electron chi connectivity index (χ3n) is 14.6. The fourth-order valence-electron chi connectivity index (χ4n) is 9.69. The van der Waals surface area contributed by atoms with Crippen molar-refractivity contribution in [2.24, 2.45) is 0 Å². The summed E-state index contributed by atoms with van der Waals surface area (Å²) in [6, 6.07) is 0. The van der Waals surface area contributed by atoms with Crippen LogP contribution in [0.25, 0.3) is 0 Å². The molecule has 0 amide bonds. The summed E-state index contributed by atoms with van der Waals surface area (Å²) in [7, 11) is 0. The highest BCUT2D eigenvalue weighted by molar-refractivity contribution is 5.71. The van der Waals surface area contributed by atoms with Gasteiger partial charge in [-0.2, -0.15) is 0 Å². The number of rotatable bonds is 61. The highest BCUT2D eigenvalue weighted by atomic mass is 16.6. The van der Waals surface area contributed by atoms with Gasteiger partial charge in [-0.05, 0) is 89.9 Å². The van der Waals surface area contributed by atoms with Gasteiger partial charge in [0.05, 0.1) is 0 Å². The number of allylic oxidation sites excluding steroid dienone is 14. The number of hydrogen-bond acceptors (Lipinski definition) is 6. The molecule has 0 saturated carbocycles. The van der Waals surface area contributed by atoms with Crippen LogP contribution in [0.5, 0.6) is 0 Å². The molecule has 6 nitrogen and oxygen atoms in total. The van der Waals surface area contributed by atoms with Crippen LogP contribution < -0.4 is 0 Å². The van der Waals surface area contributed by atoms with E-state index in [0.717, 1.165) is 109 Å². The first-order valence-corrected chi connectivity index (χ1v) is 33.6. The lowest BCUT2D eigenvalue weighted by Gasteiger charge is -2.18. The van der Waals surface area contributed by atoms with E-state index >= 15 is 0 Å². The molecule has 0 aromatic carbocycles. The van der Waals surface area contributed by atoms with Gasteiger partial charge in [0.1, 0.15) is 13.2 Å². The van der Waals surface area contributed by atoms with Crippen molar-refractivity contribution >= 4 is 17.9 Å². The molecule has 0 N–H and O–H groups in total. The van der Waals surface area contributed by atoms with Crippen LogP contribution in [-0.2, 0) is 28.6 Å². The summed E-state index contributed by atoms with van der Waals surface area (Å²) >= 11 is 0. The minimum Gasteiger partial charge on any atom is -0.462 e. The zero-order valence-electron chi connectivity index (χ0n) is 51.7. The maximum Gasteiger partial charge on any atom is 0.306 e. The number of carbonyl (C=O) groups is 3. The Kier molecular flexibility index (Phi) is 63.2. The van der Waals surface area contributed by atoms with Crippen LogP contribution in [0.1, 0.15) is 335 Å². The van der Waals surface area contributed by atoms with Crippen LogP contribution in [-0.4, -0.2) is 37.2 Å². The number of hydrogen-bond donors (Lipinski definition) is 0. The van der Waals surface area contributed by atoms with E-state index in [1.54, 1.807) is 0 Å². The molecule has 0 spiro atoms. The van der Waals surface area contributed by atoms with E-state index in [-0.39, 0.29) is 31.1 Å².